The van der Waals surface area contributed by atoms with Gasteiger partial charge in [-0.2, -0.15) is 0 Å². The predicted molar refractivity (Wildman–Crippen MR) is 107 cm³/mol. The number of alkyl halides is 3. The molecule has 0 spiro atoms. The highest BCUT2D eigenvalue weighted by molar-refractivity contribution is 6.30. The van der Waals surface area contributed by atoms with Crippen molar-refractivity contribution in [2.24, 2.45) is 0 Å². The normalized spacial score (nSPS) is 22.4. The van der Waals surface area contributed by atoms with Crippen LogP contribution in [0.4, 0.5) is 13.2 Å². The van der Waals surface area contributed by atoms with E-state index in [1.54, 1.807) is 12.1 Å². The highest BCUT2D eigenvalue weighted by atomic mass is 35.5. The Balaban J connectivity index is 1.20. The van der Waals surface area contributed by atoms with E-state index < -0.39 is 18.6 Å². The standard InChI is InChI=1S/C21H21ClF3N3O4/c1-11(26-19(29)17-5-3-12-8-14(22)4-6-16(12)30-17)2-7-18-27-28-20(31-18)13-9-15(10-13)32-21(23,24)25/h4,6,8,13,15,17H,1-3,5,7,9-10H2,(H,26,29)/t13?,15?,17-/m1/s1. The van der Waals surface area contributed by atoms with Gasteiger partial charge in [0.1, 0.15) is 5.75 Å². The molecule has 32 heavy (non-hydrogen) atoms. The van der Waals surface area contributed by atoms with E-state index in [1.165, 1.54) is 0 Å². The molecule has 1 saturated carbocycles. The molecule has 7 nitrogen and oxygen atoms in total. The summed E-state index contributed by atoms with van der Waals surface area (Å²) in [5.41, 5.74) is 1.44. The SMILES string of the molecule is C=C(CCc1nnc(C2CC(OC(F)(F)F)C2)o1)NC(=O)[C@H]1CCc2cc(Cl)ccc2O1. The predicted octanol–water partition coefficient (Wildman–Crippen LogP) is 4.46. The molecule has 11 heteroatoms. The topological polar surface area (TPSA) is 86.5 Å². The number of aryl methyl sites for hydroxylation is 2. The Morgan fingerprint density at radius 1 is 1.31 bits per heavy atom. The molecule has 1 N–H and O–H groups in total. The summed E-state index contributed by atoms with van der Waals surface area (Å²) in [7, 11) is 0. The van der Waals surface area contributed by atoms with Crippen molar-refractivity contribution >= 4 is 17.5 Å². The van der Waals surface area contributed by atoms with Crippen LogP contribution in [0.15, 0.2) is 34.9 Å². The largest absolute Gasteiger partial charge is 0.522 e. The molecule has 1 aromatic heterocycles. The fraction of sp³-hybridized carbons (Fsp3) is 0.476. The number of rotatable bonds is 7. The van der Waals surface area contributed by atoms with Crippen molar-refractivity contribution in [3.63, 3.8) is 0 Å². The number of nitrogens with zero attached hydrogens (tertiary/aromatic N) is 2. The maximum atomic E-state index is 12.5. The molecule has 1 aromatic carbocycles. The average molecular weight is 472 g/mol. The first kappa shape index (κ1) is 22.6. The van der Waals surface area contributed by atoms with Crippen LogP contribution in [0.5, 0.6) is 5.75 Å². The molecular formula is C21H21ClF3N3O4. The quantitative estimate of drug-likeness (QED) is 0.641. The van der Waals surface area contributed by atoms with Gasteiger partial charge in [-0.3, -0.25) is 9.53 Å². The minimum atomic E-state index is -4.64. The van der Waals surface area contributed by atoms with Gasteiger partial charge < -0.3 is 14.5 Å². The Hall–Kier alpha value is -2.59. The molecule has 1 atom stereocenters. The number of hydrogen-bond acceptors (Lipinski definition) is 6. The van der Waals surface area contributed by atoms with E-state index >= 15 is 0 Å². The molecule has 2 aliphatic rings. The number of carbonyl (C=O) groups excluding carboxylic acids is 1. The number of halogens is 4. The molecule has 1 fully saturated rings. The minimum absolute atomic E-state index is 0.181. The van der Waals surface area contributed by atoms with E-state index in [0.717, 1.165) is 5.56 Å². The van der Waals surface area contributed by atoms with E-state index in [9.17, 15) is 18.0 Å². The van der Waals surface area contributed by atoms with Crippen molar-refractivity contribution in [3.8, 4) is 5.75 Å². The van der Waals surface area contributed by atoms with Crippen molar-refractivity contribution in [2.45, 2.75) is 63.0 Å². The Bertz CT molecular complexity index is 1000. The molecule has 2 heterocycles. The highest BCUT2D eigenvalue weighted by Crippen LogP contribution is 2.40. The number of aromatic nitrogens is 2. The fourth-order valence-corrected chi connectivity index (χ4v) is 3.90. The number of amides is 1. The van der Waals surface area contributed by atoms with Gasteiger partial charge in [-0.15, -0.1) is 23.4 Å². The summed E-state index contributed by atoms with van der Waals surface area (Å²) >= 11 is 5.98. The summed E-state index contributed by atoms with van der Waals surface area (Å²) in [6.45, 7) is 3.86. The van der Waals surface area contributed by atoms with Crippen molar-refractivity contribution in [3.05, 3.63) is 52.8 Å². The summed E-state index contributed by atoms with van der Waals surface area (Å²) < 4.78 is 51.9. The third kappa shape index (κ3) is 5.60. The number of ether oxygens (including phenoxy) is 2. The smallest absolute Gasteiger partial charge is 0.480 e. The van der Waals surface area contributed by atoms with Crippen LogP contribution in [-0.2, 0) is 22.4 Å². The summed E-state index contributed by atoms with van der Waals surface area (Å²) in [5, 5.41) is 11.2. The van der Waals surface area contributed by atoms with Crippen molar-refractivity contribution in [2.75, 3.05) is 0 Å². The van der Waals surface area contributed by atoms with E-state index in [1.807, 2.05) is 6.07 Å². The molecule has 0 bridgehead atoms. The lowest BCUT2D eigenvalue weighted by Gasteiger charge is -2.32. The molecule has 0 unspecified atom stereocenters. The van der Waals surface area contributed by atoms with Gasteiger partial charge in [0.15, 0.2) is 6.10 Å². The second kappa shape index (κ2) is 9.11. The Morgan fingerprint density at radius 2 is 2.09 bits per heavy atom. The second-order valence-electron chi connectivity index (χ2n) is 7.88. The van der Waals surface area contributed by atoms with Gasteiger partial charge in [-0.1, -0.05) is 18.2 Å². The highest BCUT2D eigenvalue weighted by Gasteiger charge is 2.42. The number of nitrogens with one attached hydrogen (secondary N) is 1. The van der Waals surface area contributed by atoms with Crippen LogP contribution < -0.4 is 10.1 Å². The monoisotopic (exact) mass is 471 g/mol. The lowest BCUT2D eigenvalue weighted by Crippen LogP contribution is -2.39. The molecule has 0 saturated heterocycles. The van der Waals surface area contributed by atoms with Crippen LogP contribution in [-0.4, -0.2) is 34.7 Å². The number of carbonyl (C=O) groups is 1. The van der Waals surface area contributed by atoms with Crippen molar-refractivity contribution in [1.82, 2.24) is 15.5 Å². The number of hydrogen-bond donors (Lipinski definition) is 1. The third-order valence-electron chi connectivity index (χ3n) is 5.43. The molecule has 172 valence electrons. The van der Waals surface area contributed by atoms with Crippen molar-refractivity contribution < 1.29 is 31.9 Å². The molecule has 1 aliphatic heterocycles. The first-order valence-electron chi connectivity index (χ1n) is 10.2. The molecule has 1 amide bonds. The lowest BCUT2D eigenvalue weighted by atomic mass is 9.82. The average Bonchev–Trinajstić information content (AvgIpc) is 3.16. The van der Waals surface area contributed by atoms with Crippen LogP contribution in [0.2, 0.25) is 5.02 Å². The van der Waals surface area contributed by atoms with Gasteiger partial charge >= 0.3 is 6.36 Å². The van der Waals surface area contributed by atoms with Crippen LogP contribution in [0, 0.1) is 0 Å². The summed E-state index contributed by atoms with van der Waals surface area (Å²) in [5.74, 6) is 0.740. The number of allylic oxidation sites excluding steroid dienone is 1. The van der Waals surface area contributed by atoms with Gasteiger partial charge in [0, 0.05) is 23.1 Å². The molecule has 4 rings (SSSR count). The zero-order chi connectivity index (χ0) is 22.9. The van der Waals surface area contributed by atoms with E-state index in [2.05, 4.69) is 26.8 Å². The van der Waals surface area contributed by atoms with Crippen LogP contribution in [0.25, 0.3) is 0 Å². The summed E-state index contributed by atoms with van der Waals surface area (Å²) in [4.78, 5) is 12.5. The summed E-state index contributed by atoms with van der Waals surface area (Å²) in [6, 6.07) is 5.29. The zero-order valence-electron chi connectivity index (χ0n) is 17.0. The van der Waals surface area contributed by atoms with Crippen LogP contribution in [0.1, 0.15) is 48.9 Å². The van der Waals surface area contributed by atoms with Gasteiger partial charge in [0.25, 0.3) is 5.91 Å². The van der Waals surface area contributed by atoms with E-state index in [4.69, 9.17) is 20.8 Å². The first-order chi connectivity index (χ1) is 15.2. The molecule has 1 aliphatic carbocycles. The Labute approximate surface area is 186 Å². The maximum Gasteiger partial charge on any atom is 0.522 e. The van der Waals surface area contributed by atoms with Crippen molar-refractivity contribution in [1.29, 1.82) is 0 Å². The minimum Gasteiger partial charge on any atom is -0.480 e. The van der Waals surface area contributed by atoms with Gasteiger partial charge in [0.05, 0.1) is 6.10 Å². The third-order valence-corrected chi connectivity index (χ3v) is 5.66. The van der Waals surface area contributed by atoms with Crippen LogP contribution in [0.3, 0.4) is 0 Å². The fourth-order valence-electron chi connectivity index (χ4n) is 3.70. The van der Waals surface area contributed by atoms with Gasteiger partial charge in [-0.05, 0) is 55.9 Å². The van der Waals surface area contributed by atoms with Crippen LogP contribution >= 0.6 is 11.6 Å². The summed E-state index contributed by atoms with van der Waals surface area (Å²) in [6.07, 6.45) is -3.86. The zero-order valence-corrected chi connectivity index (χ0v) is 17.7. The lowest BCUT2D eigenvalue weighted by molar-refractivity contribution is -0.352. The first-order valence-corrected chi connectivity index (χ1v) is 10.5. The van der Waals surface area contributed by atoms with E-state index in [-0.39, 0.29) is 24.7 Å². The maximum absolute atomic E-state index is 12.5. The Kier molecular flexibility index (Phi) is 6.43. The molecular weight excluding hydrogens is 451 g/mol. The molecule has 2 aromatic rings. The second-order valence-corrected chi connectivity index (χ2v) is 8.31. The number of benzene rings is 1. The van der Waals surface area contributed by atoms with Gasteiger partial charge in [-0.25, -0.2) is 0 Å². The van der Waals surface area contributed by atoms with E-state index in [0.29, 0.717) is 53.9 Å². The number of fused-ring (bicyclic) bond motifs is 1. The molecule has 0 radical (unpaired) electrons. The Morgan fingerprint density at radius 3 is 2.84 bits per heavy atom. The van der Waals surface area contributed by atoms with Gasteiger partial charge in [0.2, 0.25) is 11.8 Å².